The molecule has 1 atom stereocenters. The van der Waals surface area contributed by atoms with Gasteiger partial charge in [-0.2, -0.15) is 0 Å². The summed E-state index contributed by atoms with van der Waals surface area (Å²) in [5.41, 5.74) is 0.956. The lowest BCUT2D eigenvalue weighted by molar-refractivity contribution is -0.127. The number of rotatable bonds is 5. The molecule has 1 aliphatic heterocycles. The van der Waals surface area contributed by atoms with Crippen molar-refractivity contribution in [3.8, 4) is 0 Å². The number of alkyl halides is 1. The standard InChI is InChI=1S/C16H21ClN2O3/c1-2-19(14-8-9-18(11-14)15(20)10-17)16(21)22-12-13-6-4-3-5-7-13/h3-7,14H,2,8-12H2,1H3/t14-/m1/s1. The van der Waals surface area contributed by atoms with Gasteiger partial charge in [-0.15, -0.1) is 11.6 Å². The summed E-state index contributed by atoms with van der Waals surface area (Å²) >= 11 is 5.58. The highest BCUT2D eigenvalue weighted by Gasteiger charge is 2.32. The van der Waals surface area contributed by atoms with Gasteiger partial charge < -0.3 is 14.5 Å². The predicted molar refractivity (Wildman–Crippen MR) is 84.7 cm³/mol. The Morgan fingerprint density at radius 1 is 1.36 bits per heavy atom. The smallest absolute Gasteiger partial charge is 0.410 e. The van der Waals surface area contributed by atoms with Crippen molar-refractivity contribution in [2.75, 3.05) is 25.5 Å². The van der Waals surface area contributed by atoms with Gasteiger partial charge in [-0.3, -0.25) is 4.79 Å². The minimum atomic E-state index is -0.337. The van der Waals surface area contributed by atoms with Crippen molar-refractivity contribution in [3.05, 3.63) is 35.9 Å². The Morgan fingerprint density at radius 2 is 2.09 bits per heavy atom. The molecule has 2 rings (SSSR count). The topological polar surface area (TPSA) is 49.9 Å². The summed E-state index contributed by atoms with van der Waals surface area (Å²) in [4.78, 5) is 27.2. The van der Waals surface area contributed by atoms with Gasteiger partial charge in [-0.1, -0.05) is 30.3 Å². The average Bonchev–Trinajstić information content (AvgIpc) is 3.03. The Kier molecular flexibility index (Phi) is 6.07. The van der Waals surface area contributed by atoms with Gasteiger partial charge in [0.25, 0.3) is 0 Å². The minimum Gasteiger partial charge on any atom is -0.445 e. The quantitative estimate of drug-likeness (QED) is 0.782. The molecule has 1 heterocycles. The van der Waals surface area contributed by atoms with Gasteiger partial charge in [-0.25, -0.2) is 4.79 Å². The van der Waals surface area contributed by atoms with Crippen LogP contribution in [0.4, 0.5) is 4.79 Å². The summed E-state index contributed by atoms with van der Waals surface area (Å²) in [6, 6.07) is 9.58. The first-order valence-electron chi connectivity index (χ1n) is 7.46. The molecule has 0 bridgehead atoms. The number of halogens is 1. The Labute approximate surface area is 135 Å². The molecule has 1 aromatic carbocycles. The number of hydrogen-bond acceptors (Lipinski definition) is 3. The van der Waals surface area contributed by atoms with E-state index >= 15 is 0 Å². The molecule has 1 aromatic rings. The third kappa shape index (κ3) is 4.13. The molecular weight excluding hydrogens is 304 g/mol. The molecule has 0 aromatic heterocycles. The van der Waals surface area contributed by atoms with E-state index in [4.69, 9.17) is 16.3 Å². The van der Waals surface area contributed by atoms with E-state index in [1.165, 1.54) is 0 Å². The van der Waals surface area contributed by atoms with E-state index in [0.29, 0.717) is 19.6 Å². The highest BCUT2D eigenvalue weighted by atomic mass is 35.5. The number of benzene rings is 1. The van der Waals surface area contributed by atoms with Crippen LogP contribution >= 0.6 is 11.6 Å². The first kappa shape index (κ1) is 16.6. The SMILES string of the molecule is CCN(C(=O)OCc1ccccc1)[C@@H]1CCN(C(=O)CCl)C1. The van der Waals surface area contributed by atoms with Gasteiger partial charge in [0.15, 0.2) is 0 Å². The molecule has 0 aliphatic carbocycles. The molecule has 0 N–H and O–H groups in total. The fraction of sp³-hybridized carbons (Fsp3) is 0.500. The molecule has 0 spiro atoms. The molecule has 1 fully saturated rings. The normalized spacial score (nSPS) is 17.4. The van der Waals surface area contributed by atoms with E-state index in [0.717, 1.165) is 12.0 Å². The number of nitrogens with zero attached hydrogens (tertiary/aromatic N) is 2. The molecule has 22 heavy (non-hydrogen) atoms. The van der Waals surface area contributed by atoms with Crippen LogP contribution in [-0.4, -0.2) is 53.4 Å². The van der Waals surface area contributed by atoms with Crippen LogP contribution in [0.25, 0.3) is 0 Å². The monoisotopic (exact) mass is 324 g/mol. The highest BCUT2D eigenvalue weighted by Crippen LogP contribution is 2.17. The second-order valence-corrected chi connectivity index (χ2v) is 5.51. The maximum Gasteiger partial charge on any atom is 0.410 e. The number of likely N-dealkylation sites (tertiary alicyclic amines) is 1. The van der Waals surface area contributed by atoms with Crippen LogP contribution in [0.3, 0.4) is 0 Å². The molecule has 5 nitrogen and oxygen atoms in total. The molecule has 1 aliphatic rings. The van der Waals surface area contributed by atoms with Gasteiger partial charge >= 0.3 is 6.09 Å². The van der Waals surface area contributed by atoms with Crippen LogP contribution in [0.5, 0.6) is 0 Å². The largest absolute Gasteiger partial charge is 0.445 e. The number of ether oxygens (including phenoxy) is 1. The van der Waals surface area contributed by atoms with Crippen molar-refractivity contribution in [2.45, 2.75) is 26.0 Å². The summed E-state index contributed by atoms with van der Waals surface area (Å²) in [6.45, 7) is 3.89. The van der Waals surface area contributed by atoms with E-state index in [2.05, 4.69) is 0 Å². The van der Waals surface area contributed by atoms with E-state index in [1.54, 1.807) is 9.80 Å². The molecule has 0 unspecified atom stereocenters. The first-order valence-corrected chi connectivity index (χ1v) is 8.00. The lowest BCUT2D eigenvalue weighted by atomic mass is 10.2. The Balaban J connectivity index is 1.88. The molecule has 2 amide bonds. The maximum atomic E-state index is 12.3. The van der Waals surface area contributed by atoms with Gasteiger partial charge in [0, 0.05) is 19.6 Å². The number of hydrogen-bond donors (Lipinski definition) is 0. The molecule has 6 heteroatoms. The van der Waals surface area contributed by atoms with Crippen LogP contribution in [0.1, 0.15) is 18.9 Å². The molecular formula is C16H21ClN2O3. The Hall–Kier alpha value is -1.75. The Morgan fingerprint density at radius 3 is 2.73 bits per heavy atom. The zero-order chi connectivity index (χ0) is 15.9. The summed E-state index contributed by atoms with van der Waals surface area (Å²) in [7, 11) is 0. The molecule has 1 saturated heterocycles. The van der Waals surface area contributed by atoms with Gasteiger partial charge in [0.1, 0.15) is 12.5 Å². The van der Waals surface area contributed by atoms with Crippen molar-refractivity contribution in [3.63, 3.8) is 0 Å². The molecule has 0 radical (unpaired) electrons. The van der Waals surface area contributed by atoms with Gasteiger partial charge in [0.05, 0.1) is 6.04 Å². The van der Waals surface area contributed by atoms with Crippen molar-refractivity contribution in [2.24, 2.45) is 0 Å². The zero-order valence-electron chi connectivity index (χ0n) is 12.7. The maximum absolute atomic E-state index is 12.3. The van der Waals surface area contributed by atoms with Gasteiger partial charge in [-0.05, 0) is 18.9 Å². The molecule has 120 valence electrons. The first-order chi connectivity index (χ1) is 10.7. The summed E-state index contributed by atoms with van der Waals surface area (Å²) < 4.78 is 5.37. The van der Waals surface area contributed by atoms with Crippen molar-refractivity contribution in [1.29, 1.82) is 0 Å². The van der Waals surface area contributed by atoms with Crippen LogP contribution < -0.4 is 0 Å². The fourth-order valence-corrected chi connectivity index (χ4v) is 2.81. The van der Waals surface area contributed by atoms with E-state index in [9.17, 15) is 9.59 Å². The second-order valence-electron chi connectivity index (χ2n) is 5.24. The third-order valence-electron chi connectivity index (χ3n) is 3.85. The minimum absolute atomic E-state index is 0.000407. The van der Waals surface area contributed by atoms with Gasteiger partial charge in [0.2, 0.25) is 5.91 Å². The predicted octanol–water partition coefficient (Wildman–Crippen LogP) is 2.48. The van der Waals surface area contributed by atoms with Crippen molar-refractivity contribution in [1.82, 2.24) is 9.80 Å². The summed E-state index contributed by atoms with van der Waals surface area (Å²) in [5.74, 6) is -0.102. The van der Waals surface area contributed by atoms with Crippen LogP contribution in [0, 0.1) is 0 Å². The fourth-order valence-electron chi connectivity index (χ4n) is 2.65. The number of likely N-dealkylation sites (N-methyl/N-ethyl adjacent to an activating group) is 1. The number of carbonyl (C=O) groups excluding carboxylic acids is 2. The lowest BCUT2D eigenvalue weighted by Gasteiger charge is -2.27. The van der Waals surface area contributed by atoms with Crippen LogP contribution in [-0.2, 0) is 16.1 Å². The second kappa shape index (κ2) is 8.03. The van der Waals surface area contributed by atoms with E-state index < -0.39 is 0 Å². The lowest BCUT2D eigenvalue weighted by Crippen LogP contribution is -2.43. The Bertz CT molecular complexity index is 509. The van der Waals surface area contributed by atoms with Crippen LogP contribution in [0.2, 0.25) is 0 Å². The number of amides is 2. The zero-order valence-corrected chi connectivity index (χ0v) is 13.5. The van der Waals surface area contributed by atoms with E-state index in [-0.39, 0.29) is 30.5 Å². The van der Waals surface area contributed by atoms with Crippen LogP contribution in [0.15, 0.2) is 30.3 Å². The summed E-state index contributed by atoms with van der Waals surface area (Å²) in [6.07, 6.45) is 0.424. The average molecular weight is 325 g/mol. The molecule has 0 saturated carbocycles. The highest BCUT2D eigenvalue weighted by molar-refractivity contribution is 6.27. The van der Waals surface area contributed by atoms with Crippen molar-refractivity contribution < 1.29 is 14.3 Å². The van der Waals surface area contributed by atoms with Crippen molar-refractivity contribution >= 4 is 23.6 Å². The van der Waals surface area contributed by atoms with E-state index in [1.807, 2.05) is 37.3 Å². The summed E-state index contributed by atoms with van der Waals surface area (Å²) in [5, 5.41) is 0. The number of carbonyl (C=O) groups is 2. The third-order valence-corrected chi connectivity index (χ3v) is 4.08.